The molecule has 3 aliphatic rings. The Kier molecular flexibility index (Phi) is 3.74. The van der Waals surface area contributed by atoms with Gasteiger partial charge >= 0.3 is 0 Å². The molecule has 5 rings (SSSR count). The first kappa shape index (κ1) is 15.1. The quantitative estimate of drug-likeness (QED) is 0.783. The molecule has 3 aliphatic carbocycles. The molecule has 0 unspecified atom stereocenters. The maximum Gasteiger partial charge on any atom is 0.165 e. The number of rotatable bonds is 3. The third-order valence-electron chi connectivity index (χ3n) is 6.35. The van der Waals surface area contributed by atoms with Crippen molar-refractivity contribution < 1.29 is 4.74 Å². The van der Waals surface area contributed by atoms with Gasteiger partial charge in [-0.3, -0.25) is 0 Å². The van der Waals surface area contributed by atoms with Crippen LogP contribution < -0.4 is 0 Å². The van der Waals surface area contributed by atoms with E-state index in [4.69, 9.17) is 16.3 Å². The summed E-state index contributed by atoms with van der Waals surface area (Å²) < 4.78 is 8.71. The fourth-order valence-corrected chi connectivity index (χ4v) is 5.39. The highest BCUT2D eigenvalue weighted by atomic mass is 35.5. The second-order valence-corrected chi connectivity index (χ2v) is 8.08. The summed E-state index contributed by atoms with van der Waals surface area (Å²) in [6, 6.07) is 0.483. The van der Waals surface area contributed by atoms with Gasteiger partial charge in [-0.2, -0.15) is 0 Å². The molecule has 4 atom stereocenters. The van der Waals surface area contributed by atoms with Crippen LogP contribution in [0.2, 0.25) is 5.15 Å². The first-order chi connectivity index (χ1) is 11.8. The fourth-order valence-electron chi connectivity index (χ4n) is 5.21. The molecule has 2 aromatic rings. The lowest BCUT2D eigenvalue weighted by atomic mass is 9.91. The third kappa shape index (κ3) is 2.44. The minimum atomic E-state index is 0.445. The minimum Gasteiger partial charge on any atom is -0.375 e. The van der Waals surface area contributed by atoms with Crippen molar-refractivity contribution in [1.82, 2.24) is 19.5 Å². The summed E-state index contributed by atoms with van der Waals surface area (Å²) in [5.74, 6) is 1.37. The monoisotopic (exact) mass is 346 g/mol. The number of hydrogen-bond acceptors (Lipinski definition) is 4. The second kappa shape index (κ2) is 5.95. The van der Waals surface area contributed by atoms with Crippen molar-refractivity contribution >= 4 is 22.8 Å². The predicted octanol–water partition coefficient (Wildman–Crippen LogP) is 4.17. The van der Waals surface area contributed by atoms with Gasteiger partial charge in [-0.05, 0) is 43.9 Å². The normalized spacial score (nSPS) is 33.5. The summed E-state index contributed by atoms with van der Waals surface area (Å²) in [6.45, 7) is 0. The first-order valence-electron chi connectivity index (χ1n) is 9.28. The number of aromatic nitrogens is 4. The zero-order chi connectivity index (χ0) is 16.1. The van der Waals surface area contributed by atoms with Gasteiger partial charge < -0.3 is 9.30 Å². The van der Waals surface area contributed by atoms with Crippen LogP contribution >= 0.6 is 11.6 Å². The van der Waals surface area contributed by atoms with Gasteiger partial charge in [-0.25, -0.2) is 15.0 Å². The molecule has 0 N–H and O–H groups in total. The average Bonchev–Trinajstić information content (AvgIpc) is 3.29. The summed E-state index contributed by atoms with van der Waals surface area (Å²) in [7, 11) is 0. The van der Waals surface area contributed by atoms with Crippen molar-refractivity contribution in [3.63, 3.8) is 0 Å². The van der Waals surface area contributed by atoms with Gasteiger partial charge in [0.15, 0.2) is 10.8 Å². The van der Waals surface area contributed by atoms with Gasteiger partial charge in [-0.1, -0.05) is 30.9 Å². The number of imidazole rings is 1. The van der Waals surface area contributed by atoms with Crippen LogP contribution in [0.25, 0.3) is 11.2 Å². The number of nitrogens with zero attached hydrogens (tertiary/aromatic N) is 4. The Labute approximate surface area is 146 Å². The van der Waals surface area contributed by atoms with E-state index < -0.39 is 0 Å². The van der Waals surface area contributed by atoms with Crippen molar-refractivity contribution in [3.05, 3.63) is 17.8 Å². The molecule has 2 bridgehead atoms. The average molecular weight is 347 g/mol. The van der Waals surface area contributed by atoms with Crippen LogP contribution in [-0.2, 0) is 4.74 Å². The summed E-state index contributed by atoms with van der Waals surface area (Å²) in [5.41, 5.74) is 1.59. The number of hydrogen-bond donors (Lipinski definition) is 0. The van der Waals surface area contributed by atoms with Gasteiger partial charge in [0.1, 0.15) is 11.8 Å². The van der Waals surface area contributed by atoms with Crippen LogP contribution in [-0.4, -0.2) is 31.7 Å². The SMILES string of the molecule is Clc1ncnc2c1ncn2[C@H]1C[C@H]2C[C@@H]1C[C@@H]2OC1CCCCC1. The van der Waals surface area contributed by atoms with E-state index >= 15 is 0 Å². The molecule has 24 heavy (non-hydrogen) atoms. The lowest BCUT2D eigenvalue weighted by Gasteiger charge is -2.33. The summed E-state index contributed by atoms with van der Waals surface area (Å²) in [6.07, 6.45) is 14.7. The Balaban J connectivity index is 1.32. The minimum absolute atomic E-state index is 0.445. The molecule has 3 fully saturated rings. The van der Waals surface area contributed by atoms with Crippen molar-refractivity contribution in [2.45, 2.75) is 69.6 Å². The Hall–Kier alpha value is -1.20. The van der Waals surface area contributed by atoms with E-state index in [1.165, 1.54) is 57.7 Å². The maximum atomic E-state index is 6.49. The van der Waals surface area contributed by atoms with Crippen LogP contribution in [0.15, 0.2) is 12.7 Å². The van der Waals surface area contributed by atoms with E-state index in [0.29, 0.717) is 35.2 Å². The van der Waals surface area contributed by atoms with Crippen LogP contribution in [0.3, 0.4) is 0 Å². The molecular formula is C18H23ClN4O. The number of fused-ring (bicyclic) bond motifs is 3. The highest BCUT2D eigenvalue weighted by Gasteiger charge is 2.48. The van der Waals surface area contributed by atoms with Crippen LogP contribution in [0.5, 0.6) is 0 Å². The molecule has 2 heterocycles. The highest BCUT2D eigenvalue weighted by molar-refractivity contribution is 6.33. The predicted molar refractivity (Wildman–Crippen MR) is 91.9 cm³/mol. The van der Waals surface area contributed by atoms with Gasteiger partial charge in [0.2, 0.25) is 0 Å². The van der Waals surface area contributed by atoms with E-state index in [1.54, 1.807) is 0 Å². The standard InChI is InChI=1S/C18H23ClN4O/c19-17-16-18(21-9-20-17)23(10-22-16)14-7-12-6-11(14)8-15(12)24-13-4-2-1-3-5-13/h9-15H,1-8H2/t11-,12-,14+,15+/m1/s1. The molecule has 0 aliphatic heterocycles. The Bertz CT molecular complexity index is 742. The Morgan fingerprint density at radius 2 is 1.88 bits per heavy atom. The van der Waals surface area contributed by atoms with Crippen LogP contribution in [0.1, 0.15) is 57.4 Å². The van der Waals surface area contributed by atoms with Crippen molar-refractivity contribution in [2.24, 2.45) is 11.8 Å². The van der Waals surface area contributed by atoms with E-state index in [-0.39, 0.29) is 0 Å². The Morgan fingerprint density at radius 3 is 2.67 bits per heavy atom. The third-order valence-corrected chi connectivity index (χ3v) is 6.62. The van der Waals surface area contributed by atoms with Crippen molar-refractivity contribution in [3.8, 4) is 0 Å². The zero-order valence-electron chi connectivity index (χ0n) is 13.8. The topological polar surface area (TPSA) is 52.8 Å². The summed E-state index contributed by atoms with van der Waals surface area (Å²) >= 11 is 6.14. The lowest BCUT2D eigenvalue weighted by Crippen LogP contribution is -2.31. The van der Waals surface area contributed by atoms with Gasteiger partial charge in [-0.15, -0.1) is 0 Å². The second-order valence-electron chi connectivity index (χ2n) is 7.72. The lowest BCUT2D eigenvalue weighted by molar-refractivity contribution is -0.0579. The highest BCUT2D eigenvalue weighted by Crippen LogP contribution is 2.53. The molecule has 128 valence electrons. The molecule has 3 saturated carbocycles. The van der Waals surface area contributed by atoms with E-state index in [0.717, 1.165) is 11.2 Å². The molecule has 0 saturated heterocycles. The molecule has 0 radical (unpaired) electrons. The molecular weight excluding hydrogens is 324 g/mol. The van der Waals surface area contributed by atoms with E-state index in [2.05, 4.69) is 19.5 Å². The van der Waals surface area contributed by atoms with Gasteiger partial charge in [0.25, 0.3) is 0 Å². The largest absolute Gasteiger partial charge is 0.375 e. The fraction of sp³-hybridized carbons (Fsp3) is 0.722. The maximum absolute atomic E-state index is 6.49. The molecule has 2 aromatic heterocycles. The molecule has 5 nitrogen and oxygen atoms in total. The van der Waals surface area contributed by atoms with Gasteiger partial charge in [0, 0.05) is 6.04 Å². The van der Waals surface area contributed by atoms with Crippen LogP contribution in [0.4, 0.5) is 0 Å². The van der Waals surface area contributed by atoms with E-state index in [9.17, 15) is 0 Å². The molecule has 0 aromatic carbocycles. The summed E-state index contributed by atoms with van der Waals surface area (Å²) in [4.78, 5) is 12.9. The zero-order valence-corrected chi connectivity index (χ0v) is 14.5. The molecule has 0 spiro atoms. The molecule has 0 amide bonds. The number of halogens is 1. The van der Waals surface area contributed by atoms with Crippen molar-refractivity contribution in [1.29, 1.82) is 0 Å². The first-order valence-corrected chi connectivity index (χ1v) is 9.66. The van der Waals surface area contributed by atoms with Crippen LogP contribution in [0, 0.1) is 11.8 Å². The smallest absolute Gasteiger partial charge is 0.165 e. The Morgan fingerprint density at radius 1 is 1.00 bits per heavy atom. The summed E-state index contributed by atoms with van der Waals surface area (Å²) in [5, 5.41) is 0.445. The molecule has 6 heteroatoms. The van der Waals surface area contributed by atoms with Crippen molar-refractivity contribution in [2.75, 3.05) is 0 Å². The van der Waals surface area contributed by atoms with E-state index in [1.807, 2.05) is 6.33 Å². The van der Waals surface area contributed by atoms with Gasteiger partial charge in [0.05, 0.1) is 18.5 Å². The number of ether oxygens (including phenoxy) is 1.